The number of ether oxygens (including phenoxy) is 3. The molecule has 0 aliphatic heterocycles. The maximum atomic E-state index is 11.7. The number of amides is 1. The van der Waals surface area contributed by atoms with E-state index in [0.717, 1.165) is 58.0 Å². The van der Waals surface area contributed by atoms with Crippen LogP contribution < -0.4 is 10.6 Å². The van der Waals surface area contributed by atoms with Crippen molar-refractivity contribution in [1.82, 2.24) is 10.6 Å². The summed E-state index contributed by atoms with van der Waals surface area (Å²) in [6.45, 7) is 55.4. The van der Waals surface area contributed by atoms with E-state index >= 15 is 0 Å². The third kappa shape index (κ3) is 221. The molecule has 2 atom stereocenters. The molecule has 0 fully saturated rings. The van der Waals surface area contributed by atoms with Gasteiger partial charge in [0.15, 0.2) is 0 Å². The normalized spacial score (nSPS) is 11.4. The Kier molecular flexibility index (Phi) is 244. The molecule has 0 saturated heterocycles. The minimum Gasteiger partial charge on any atom is -0.446 e. The molecule has 1 aliphatic rings. The van der Waals surface area contributed by atoms with Crippen LogP contribution in [0.1, 0.15) is 272 Å². The number of hydrogen-bond donors (Lipinski definition) is 4. The predicted molar refractivity (Wildman–Crippen MR) is 295 cm³/mol. The predicted octanol–water partition coefficient (Wildman–Crippen LogP) is 17.3. The largest absolute Gasteiger partial charge is 0.446 e. The van der Waals surface area contributed by atoms with Gasteiger partial charge in [0.05, 0.1) is 13.2 Å². The van der Waals surface area contributed by atoms with Crippen LogP contribution in [-0.4, -0.2) is 81.2 Å². The van der Waals surface area contributed by atoms with Gasteiger partial charge < -0.3 is 40.5 Å². The summed E-state index contributed by atoms with van der Waals surface area (Å²) in [5.74, 6) is 0.178. The molecule has 0 aromatic carbocycles. The third-order valence-electron chi connectivity index (χ3n) is 4.56. The van der Waals surface area contributed by atoms with Crippen molar-refractivity contribution in [2.75, 3.05) is 53.4 Å². The Morgan fingerprint density at radius 1 is 0.613 bits per heavy atom. The molecule has 0 heterocycles. The fraction of sp³-hybridized carbons (Fsp3) is 0.943. The van der Waals surface area contributed by atoms with Crippen molar-refractivity contribution in [3.8, 4) is 0 Å². The molecule has 0 bridgehead atoms. The van der Waals surface area contributed by atoms with Gasteiger partial charge >= 0.3 is 6.09 Å². The minimum atomic E-state index is -0.281. The van der Waals surface area contributed by atoms with Crippen LogP contribution in [0.3, 0.4) is 0 Å². The number of alkyl carbamates (subject to hydrolysis) is 1. The third-order valence-corrected chi connectivity index (χ3v) is 4.56. The second-order valence-corrected chi connectivity index (χ2v) is 12.6. The van der Waals surface area contributed by atoms with Crippen molar-refractivity contribution < 1.29 is 37.5 Å². The van der Waals surface area contributed by atoms with Gasteiger partial charge in [-0.25, -0.2) is 4.79 Å². The van der Waals surface area contributed by atoms with Crippen molar-refractivity contribution in [3.63, 3.8) is 0 Å². The second-order valence-electron chi connectivity index (χ2n) is 12.6. The molecular weight excluding hydrogens is 777 g/mol. The molecular formula is C53H136N2O7. The van der Waals surface area contributed by atoms with Crippen molar-refractivity contribution in [2.45, 2.75) is 276 Å². The summed E-state index contributed by atoms with van der Waals surface area (Å²) < 4.78 is 15.1. The van der Waals surface area contributed by atoms with Crippen LogP contribution in [0, 0.1) is 5.92 Å². The highest BCUT2D eigenvalue weighted by Crippen LogP contribution is 2.15. The van der Waals surface area contributed by atoms with Gasteiger partial charge in [0.25, 0.3) is 0 Å². The Labute approximate surface area is 400 Å². The van der Waals surface area contributed by atoms with Crippen molar-refractivity contribution in [3.05, 3.63) is 12.2 Å². The first-order valence-electron chi connectivity index (χ1n) is 26.1. The van der Waals surface area contributed by atoms with E-state index in [9.17, 15) is 4.79 Å². The molecule has 0 aromatic rings. The first kappa shape index (κ1) is 99.2. The number of hydrogen-bond acceptors (Lipinski definition) is 7. The monoisotopic (exact) mass is 913 g/mol. The van der Waals surface area contributed by atoms with Gasteiger partial charge in [-0.3, -0.25) is 0 Å². The Bertz CT molecular complexity index is 501. The van der Waals surface area contributed by atoms with Crippen LogP contribution in [0.2, 0.25) is 0 Å². The molecule has 9 nitrogen and oxygen atoms in total. The lowest BCUT2D eigenvalue weighted by molar-refractivity contribution is -0.0257. The summed E-state index contributed by atoms with van der Waals surface area (Å²) in [4.78, 5) is 11.7. The highest BCUT2D eigenvalue weighted by atomic mass is 16.6. The number of carbonyl (C=O) groups is 1. The van der Waals surface area contributed by atoms with Gasteiger partial charge in [0.2, 0.25) is 0 Å². The molecule has 62 heavy (non-hydrogen) atoms. The SMILES string of the molecule is CC.CC.CC.CC.CCC.CCC.CCC.CCC.CCC.CCC.CCC.CCC.CC[C@@H](CO)COCO.COCCNCCCNC(=O)OC1CC/C=C/CCC1.O.[HH].[HH]. The smallest absolute Gasteiger partial charge is 0.407 e. The average molecular weight is 914 g/mol. The molecule has 0 radical (unpaired) electrons. The number of nitrogens with one attached hydrogen (secondary N) is 2. The quantitative estimate of drug-likeness (QED) is 0.0819. The Hall–Kier alpha value is -1.23. The fourth-order valence-electron chi connectivity index (χ4n) is 2.66. The fourth-order valence-corrected chi connectivity index (χ4v) is 2.66. The molecule has 0 saturated carbocycles. The highest BCUT2D eigenvalue weighted by Gasteiger charge is 2.14. The van der Waals surface area contributed by atoms with E-state index in [-0.39, 0.29) is 39.8 Å². The van der Waals surface area contributed by atoms with Gasteiger partial charge in [-0.15, -0.1) is 0 Å². The first-order chi connectivity index (χ1) is 29.5. The standard InChI is InChI=1S/C15H28N2O3.C6H14O3.8C3H8.4C2H6.H2O.2H2/c1-19-13-12-16-10-7-11-17-15(18)20-14-8-5-3-2-4-6-9-14;1-2-6(3-7)4-9-5-8;8*1-3-2;4*1-2;;;/h2-3,14,16H,4-13H2,1H3,(H,17,18);6-8H,2-5H2,1H3;8*3H2,1-2H3;4*1-2H3;1H2;2*1H/b3-2+;;;;;;;;;;;;;;;;/t;6-;;;;;;;;;;;;;;;/m.0.............../s1. The Morgan fingerprint density at radius 3 is 1.31 bits per heavy atom. The molecule has 1 aliphatic carbocycles. The Balaban J connectivity index is -0.0000000318. The molecule has 400 valence electrons. The number of allylic oxidation sites excluding steroid dienone is 2. The van der Waals surface area contributed by atoms with Crippen molar-refractivity contribution in [1.29, 1.82) is 0 Å². The van der Waals surface area contributed by atoms with Gasteiger partial charge in [-0.1, -0.05) is 237 Å². The lowest BCUT2D eigenvalue weighted by atomic mass is 10.0. The van der Waals surface area contributed by atoms with Gasteiger partial charge in [0.1, 0.15) is 12.9 Å². The molecule has 1 unspecified atom stereocenters. The van der Waals surface area contributed by atoms with Crippen LogP contribution in [0.25, 0.3) is 0 Å². The summed E-state index contributed by atoms with van der Waals surface area (Å²) in [5, 5.41) is 22.8. The van der Waals surface area contributed by atoms with E-state index in [2.05, 4.69) is 138 Å². The number of aliphatic hydroxyl groups excluding tert-OH is 2. The van der Waals surface area contributed by atoms with E-state index in [1.54, 1.807) is 7.11 Å². The van der Waals surface area contributed by atoms with E-state index in [0.29, 0.717) is 19.8 Å². The van der Waals surface area contributed by atoms with Crippen LogP contribution in [-0.2, 0) is 14.2 Å². The summed E-state index contributed by atoms with van der Waals surface area (Å²) >= 11 is 0. The van der Waals surface area contributed by atoms with E-state index in [1.807, 2.05) is 62.3 Å². The van der Waals surface area contributed by atoms with Crippen LogP contribution >= 0.6 is 0 Å². The van der Waals surface area contributed by atoms with E-state index in [1.165, 1.54) is 51.4 Å². The second kappa shape index (κ2) is 153. The molecule has 1 rings (SSSR count). The summed E-state index contributed by atoms with van der Waals surface area (Å²) in [5.41, 5.74) is 0. The maximum Gasteiger partial charge on any atom is 0.407 e. The number of aliphatic hydroxyl groups is 2. The molecule has 0 aromatic heterocycles. The lowest BCUT2D eigenvalue weighted by Gasteiger charge is -2.18. The average Bonchev–Trinajstić information content (AvgIpc) is 3.25. The van der Waals surface area contributed by atoms with Crippen LogP contribution in [0.5, 0.6) is 0 Å². The van der Waals surface area contributed by atoms with Crippen LogP contribution in [0.15, 0.2) is 12.2 Å². The first-order valence-corrected chi connectivity index (χ1v) is 26.1. The van der Waals surface area contributed by atoms with Crippen molar-refractivity contribution in [2.24, 2.45) is 5.92 Å². The number of carbonyl (C=O) groups excluding carboxylic acids is 1. The zero-order valence-electron chi connectivity index (χ0n) is 48.4. The highest BCUT2D eigenvalue weighted by molar-refractivity contribution is 5.67. The molecule has 9 heteroatoms. The van der Waals surface area contributed by atoms with Crippen LogP contribution in [0.4, 0.5) is 4.79 Å². The number of rotatable bonds is 13. The number of methoxy groups -OCH3 is 1. The van der Waals surface area contributed by atoms with Crippen molar-refractivity contribution >= 4 is 6.09 Å². The Morgan fingerprint density at radius 2 is 0.984 bits per heavy atom. The van der Waals surface area contributed by atoms with Gasteiger partial charge in [-0.2, -0.15) is 0 Å². The summed E-state index contributed by atoms with van der Waals surface area (Å²) in [6.07, 6.45) is 21.1. The zero-order chi connectivity index (χ0) is 51.2. The van der Waals surface area contributed by atoms with E-state index < -0.39 is 0 Å². The topological polar surface area (TPSA) is 141 Å². The molecule has 0 spiro atoms. The van der Waals surface area contributed by atoms with Gasteiger partial charge in [0, 0.05) is 35.6 Å². The van der Waals surface area contributed by atoms with Gasteiger partial charge in [-0.05, 0) is 51.5 Å². The minimum absolute atomic E-state index is 0. The lowest BCUT2D eigenvalue weighted by Crippen LogP contribution is -2.31. The molecule has 6 N–H and O–H groups in total. The molecule has 1 amide bonds. The summed E-state index contributed by atoms with van der Waals surface area (Å²) in [7, 11) is 1.69. The maximum absolute atomic E-state index is 11.7. The zero-order valence-corrected chi connectivity index (χ0v) is 48.4. The summed E-state index contributed by atoms with van der Waals surface area (Å²) in [6, 6.07) is 0. The van der Waals surface area contributed by atoms with E-state index in [4.69, 9.17) is 19.7 Å².